The lowest BCUT2D eigenvalue weighted by molar-refractivity contribution is 0.0988. The van der Waals surface area contributed by atoms with E-state index in [4.69, 9.17) is 5.11 Å². The second-order valence-corrected chi connectivity index (χ2v) is 4.12. The summed E-state index contributed by atoms with van der Waals surface area (Å²) in [6, 6.07) is 3.31. The molecule has 0 aliphatic carbocycles. The van der Waals surface area contributed by atoms with E-state index in [2.05, 4.69) is 10.1 Å². The lowest BCUT2D eigenvalue weighted by Gasteiger charge is -2.18. The van der Waals surface area contributed by atoms with E-state index in [1.54, 1.807) is 41.2 Å². The van der Waals surface area contributed by atoms with Crippen LogP contribution in [0.3, 0.4) is 0 Å². The smallest absolute Gasteiger partial charge is 0.259 e. The Morgan fingerprint density at radius 1 is 1.42 bits per heavy atom. The van der Waals surface area contributed by atoms with Gasteiger partial charge in [0.1, 0.15) is 0 Å². The molecule has 1 amide bonds. The minimum Gasteiger partial charge on any atom is -0.390 e. The molecule has 0 spiro atoms. The van der Waals surface area contributed by atoms with Crippen molar-refractivity contribution in [1.82, 2.24) is 14.8 Å². The van der Waals surface area contributed by atoms with Crippen LogP contribution in [0.15, 0.2) is 30.7 Å². The van der Waals surface area contributed by atoms with Crippen LogP contribution in [0.1, 0.15) is 23.0 Å². The Kier molecular flexibility index (Phi) is 3.91. The van der Waals surface area contributed by atoms with Gasteiger partial charge >= 0.3 is 0 Å². The molecule has 1 N–H and O–H groups in total. The molecule has 2 heterocycles. The Labute approximate surface area is 111 Å². The maximum Gasteiger partial charge on any atom is 0.259 e. The third kappa shape index (κ3) is 2.79. The predicted octanol–water partition coefficient (Wildman–Crippen LogP) is 0.974. The van der Waals surface area contributed by atoms with E-state index in [-0.39, 0.29) is 12.5 Å². The van der Waals surface area contributed by atoms with Gasteiger partial charge in [0, 0.05) is 26.0 Å². The highest BCUT2D eigenvalue weighted by Gasteiger charge is 2.17. The van der Waals surface area contributed by atoms with Crippen LogP contribution in [0, 0.1) is 0 Å². The first-order valence-electron chi connectivity index (χ1n) is 6.02. The number of hydrogen-bond acceptors (Lipinski definition) is 4. The third-order valence-electron chi connectivity index (χ3n) is 2.80. The number of aryl methyl sites for hydroxylation is 1. The van der Waals surface area contributed by atoms with Crippen molar-refractivity contribution in [2.45, 2.75) is 13.5 Å². The van der Waals surface area contributed by atoms with Gasteiger partial charge in [0.15, 0.2) is 0 Å². The molecule has 0 fully saturated rings. The standard InChI is InChI=1S/C13H16N4O2/c1-3-17(12-7-15-16(2)8-12)13(19)10-4-5-11(9-18)14-6-10/h4-8,18H,3,9H2,1-2H3. The first-order chi connectivity index (χ1) is 9.15. The van der Waals surface area contributed by atoms with Crippen molar-refractivity contribution in [1.29, 1.82) is 0 Å². The predicted molar refractivity (Wildman–Crippen MR) is 70.7 cm³/mol. The number of anilines is 1. The molecule has 0 atom stereocenters. The average Bonchev–Trinajstić information content (AvgIpc) is 2.86. The van der Waals surface area contributed by atoms with E-state index in [1.165, 1.54) is 6.20 Å². The number of carbonyl (C=O) groups is 1. The Hall–Kier alpha value is -2.21. The van der Waals surface area contributed by atoms with E-state index in [0.717, 1.165) is 5.69 Å². The number of nitrogens with zero attached hydrogens (tertiary/aromatic N) is 4. The molecule has 6 nitrogen and oxygen atoms in total. The fourth-order valence-corrected chi connectivity index (χ4v) is 1.79. The van der Waals surface area contributed by atoms with Gasteiger partial charge in [0.05, 0.1) is 29.7 Å². The van der Waals surface area contributed by atoms with Crippen LogP contribution < -0.4 is 4.90 Å². The average molecular weight is 260 g/mol. The second kappa shape index (κ2) is 5.62. The molecule has 0 saturated carbocycles. The fraction of sp³-hybridized carbons (Fsp3) is 0.308. The molecular weight excluding hydrogens is 244 g/mol. The first-order valence-corrected chi connectivity index (χ1v) is 6.02. The quantitative estimate of drug-likeness (QED) is 0.889. The van der Waals surface area contributed by atoms with Crippen molar-refractivity contribution in [3.05, 3.63) is 42.0 Å². The highest BCUT2D eigenvalue weighted by molar-refractivity contribution is 6.05. The Morgan fingerprint density at radius 3 is 2.68 bits per heavy atom. The number of aliphatic hydroxyl groups is 1. The molecule has 0 unspecified atom stereocenters. The van der Waals surface area contributed by atoms with Crippen molar-refractivity contribution in [3.8, 4) is 0 Å². The lowest BCUT2D eigenvalue weighted by atomic mass is 10.2. The second-order valence-electron chi connectivity index (χ2n) is 4.12. The zero-order chi connectivity index (χ0) is 13.8. The molecule has 2 aromatic heterocycles. The zero-order valence-corrected chi connectivity index (χ0v) is 10.9. The van der Waals surface area contributed by atoms with Crippen LogP contribution in [0.2, 0.25) is 0 Å². The summed E-state index contributed by atoms with van der Waals surface area (Å²) in [6.45, 7) is 2.32. The van der Waals surface area contributed by atoms with Gasteiger partial charge in [-0.2, -0.15) is 5.10 Å². The number of hydrogen-bond donors (Lipinski definition) is 1. The summed E-state index contributed by atoms with van der Waals surface area (Å²) in [7, 11) is 1.80. The van der Waals surface area contributed by atoms with Gasteiger partial charge < -0.3 is 10.0 Å². The molecule has 100 valence electrons. The van der Waals surface area contributed by atoms with E-state index in [1.807, 2.05) is 6.92 Å². The minimum absolute atomic E-state index is 0.130. The fourth-order valence-electron chi connectivity index (χ4n) is 1.79. The molecular formula is C13H16N4O2. The molecule has 2 rings (SSSR count). The first kappa shape index (κ1) is 13.2. The van der Waals surface area contributed by atoms with Gasteiger partial charge in [0.2, 0.25) is 0 Å². The Morgan fingerprint density at radius 2 is 2.21 bits per heavy atom. The van der Waals surface area contributed by atoms with Crippen molar-refractivity contribution in [2.75, 3.05) is 11.4 Å². The van der Waals surface area contributed by atoms with Crippen LogP contribution in [-0.4, -0.2) is 32.3 Å². The largest absolute Gasteiger partial charge is 0.390 e. The van der Waals surface area contributed by atoms with Crippen molar-refractivity contribution < 1.29 is 9.90 Å². The third-order valence-corrected chi connectivity index (χ3v) is 2.80. The molecule has 0 aliphatic rings. The Bertz CT molecular complexity index is 562. The number of aliphatic hydroxyl groups excluding tert-OH is 1. The molecule has 0 aliphatic heterocycles. The molecule has 2 aromatic rings. The maximum absolute atomic E-state index is 12.4. The number of rotatable bonds is 4. The molecule has 0 saturated heterocycles. The molecule has 0 bridgehead atoms. The molecule has 0 radical (unpaired) electrons. The molecule has 0 aromatic carbocycles. The van der Waals surface area contributed by atoms with Crippen LogP contribution >= 0.6 is 0 Å². The van der Waals surface area contributed by atoms with Crippen molar-refractivity contribution in [3.63, 3.8) is 0 Å². The van der Waals surface area contributed by atoms with E-state index in [0.29, 0.717) is 17.8 Å². The zero-order valence-electron chi connectivity index (χ0n) is 10.9. The number of carbonyl (C=O) groups excluding carboxylic acids is 1. The Balaban J connectivity index is 2.25. The van der Waals surface area contributed by atoms with Crippen LogP contribution in [0.25, 0.3) is 0 Å². The van der Waals surface area contributed by atoms with E-state index in [9.17, 15) is 4.79 Å². The van der Waals surface area contributed by atoms with Crippen molar-refractivity contribution >= 4 is 11.6 Å². The summed E-state index contributed by atoms with van der Waals surface area (Å²) < 4.78 is 1.65. The lowest BCUT2D eigenvalue weighted by Crippen LogP contribution is -2.30. The summed E-state index contributed by atoms with van der Waals surface area (Å²) in [5.74, 6) is -0.132. The van der Waals surface area contributed by atoms with Gasteiger partial charge in [-0.15, -0.1) is 0 Å². The van der Waals surface area contributed by atoms with E-state index < -0.39 is 0 Å². The number of amides is 1. The number of pyridine rings is 1. The van der Waals surface area contributed by atoms with Gasteiger partial charge in [-0.3, -0.25) is 14.5 Å². The summed E-state index contributed by atoms with van der Waals surface area (Å²) in [5, 5.41) is 13.0. The number of aromatic nitrogens is 3. The van der Waals surface area contributed by atoms with Crippen LogP contribution in [-0.2, 0) is 13.7 Å². The highest BCUT2D eigenvalue weighted by atomic mass is 16.3. The van der Waals surface area contributed by atoms with Gasteiger partial charge in [0.25, 0.3) is 5.91 Å². The molecule has 19 heavy (non-hydrogen) atoms. The summed E-state index contributed by atoms with van der Waals surface area (Å²) in [6.07, 6.45) is 4.92. The molecule has 6 heteroatoms. The summed E-state index contributed by atoms with van der Waals surface area (Å²) in [4.78, 5) is 18.0. The van der Waals surface area contributed by atoms with E-state index >= 15 is 0 Å². The van der Waals surface area contributed by atoms with Crippen LogP contribution in [0.5, 0.6) is 0 Å². The van der Waals surface area contributed by atoms with Gasteiger partial charge in [-0.1, -0.05) is 0 Å². The monoisotopic (exact) mass is 260 g/mol. The highest BCUT2D eigenvalue weighted by Crippen LogP contribution is 2.15. The SMILES string of the molecule is CCN(C(=O)c1ccc(CO)nc1)c1cnn(C)c1. The van der Waals surface area contributed by atoms with Gasteiger partial charge in [-0.25, -0.2) is 0 Å². The van der Waals surface area contributed by atoms with Crippen molar-refractivity contribution in [2.24, 2.45) is 7.05 Å². The summed E-state index contributed by atoms with van der Waals surface area (Å²) >= 11 is 0. The van der Waals surface area contributed by atoms with Crippen LogP contribution in [0.4, 0.5) is 5.69 Å². The summed E-state index contributed by atoms with van der Waals surface area (Å²) in [5.41, 5.74) is 1.78. The van der Waals surface area contributed by atoms with Gasteiger partial charge in [-0.05, 0) is 19.1 Å². The maximum atomic E-state index is 12.4. The normalized spacial score (nSPS) is 10.5. The minimum atomic E-state index is -0.132. The topological polar surface area (TPSA) is 71.2 Å².